The van der Waals surface area contributed by atoms with E-state index in [0.29, 0.717) is 13.1 Å². The number of nitrogens with one attached hydrogen (secondary N) is 2. The Bertz CT molecular complexity index is 824. The van der Waals surface area contributed by atoms with Gasteiger partial charge in [0.05, 0.1) is 6.54 Å². The van der Waals surface area contributed by atoms with Crippen molar-refractivity contribution in [3.63, 3.8) is 0 Å². The fourth-order valence-electron chi connectivity index (χ4n) is 3.24. The SMILES string of the molecule is CCNC(=NCc1ccc(C)cc1)NCCCn1nc2n(c1=O)CCCC2.I. The number of nitrogens with zero attached hydrogens (tertiary/aromatic N) is 4. The predicted octanol–water partition coefficient (Wildman–Crippen LogP) is 2.45. The second-order valence-electron chi connectivity index (χ2n) is 6.99. The minimum atomic E-state index is 0. The molecule has 0 atom stereocenters. The normalized spacial score (nSPS) is 13.6. The molecule has 0 amide bonds. The third kappa shape index (κ3) is 6.08. The highest BCUT2D eigenvalue weighted by atomic mass is 127. The lowest BCUT2D eigenvalue weighted by Gasteiger charge is -2.11. The Morgan fingerprint density at radius 1 is 1.21 bits per heavy atom. The van der Waals surface area contributed by atoms with E-state index in [-0.39, 0.29) is 29.7 Å². The first kappa shape index (κ1) is 22.4. The smallest absolute Gasteiger partial charge is 0.345 e. The van der Waals surface area contributed by atoms with Gasteiger partial charge in [-0.3, -0.25) is 4.57 Å². The molecule has 2 N–H and O–H groups in total. The molecule has 0 spiro atoms. The molecule has 0 saturated heterocycles. The number of aryl methyl sites for hydroxylation is 3. The Balaban J connectivity index is 0.00000280. The van der Waals surface area contributed by atoms with Crippen LogP contribution in [0, 0.1) is 6.92 Å². The van der Waals surface area contributed by atoms with Crippen LogP contribution < -0.4 is 16.3 Å². The standard InChI is InChI=1S/C20H30N6O.HI/c1-3-21-19(23-15-17-10-8-16(2)9-11-17)22-12-6-14-26-20(27)25-13-5-4-7-18(25)24-26;/h8-11H,3-7,12-15H2,1-2H3,(H2,21,22,23);1H. The number of rotatable bonds is 7. The Morgan fingerprint density at radius 3 is 2.71 bits per heavy atom. The van der Waals surface area contributed by atoms with Gasteiger partial charge in [0.2, 0.25) is 0 Å². The average molecular weight is 498 g/mol. The minimum Gasteiger partial charge on any atom is -0.357 e. The molecule has 0 unspecified atom stereocenters. The molecule has 0 aliphatic carbocycles. The van der Waals surface area contributed by atoms with Gasteiger partial charge in [0.15, 0.2) is 5.96 Å². The number of hydrogen-bond donors (Lipinski definition) is 2. The van der Waals surface area contributed by atoms with Crippen molar-refractivity contribution >= 4 is 29.9 Å². The molecule has 154 valence electrons. The summed E-state index contributed by atoms with van der Waals surface area (Å²) in [5.41, 5.74) is 2.47. The number of fused-ring (bicyclic) bond motifs is 1. The van der Waals surface area contributed by atoms with Gasteiger partial charge in [-0.25, -0.2) is 14.5 Å². The van der Waals surface area contributed by atoms with Gasteiger partial charge in [0, 0.05) is 32.6 Å². The Hall–Kier alpha value is -1.84. The zero-order chi connectivity index (χ0) is 19.1. The van der Waals surface area contributed by atoms with Crippen molar-refractivity contribution in [2.75, 3.05) is 13.1 Å². The van der Waals surface area contributed by atoms with Gasteiger partial charge in [-0.2, -0.15) is 5.10 Å². The first-order chi connectivity index (χ1) is 13.2. The Labute approximate surface area is 183 Å². The molecule has 0 radical (unpaired) electrons. The highest BCUT2D eigenvalue weighted by Gasteiger charge is 2.16. The van der Waals surface area contributed by atoms with Gasteiger partial charge in [-0.05, 0) is 38.7 Å². The van der Waals surface area contributed by atoms with E-state index in [9.17, 15) is 4.79 Å². The molecule has 7 nitrogen and oxygen atoms in total. The summed E-state index contributed by atoms with van der Waals surface area (Å²) < 4.78 is 3.43. The van der Waals surface area contributed by atoms with Crippen molar-refractivity contribution in [2.45, 2.75) is 59.2 Å². The van der Waals surface area contributed by atoms with Crippen molar-refractivity contribution in [3.05, 3.63) is 51.7 Å². The first-order valence-electron chi connectivity index (χ1n) is 9.91. The van der Waals surface area contributed by atoms with E-state index < -0.39 is 0 Å². The highest BCUT2D eigenvalue weighted by Crippen LogP contribution is 2.09. The number of halogens is 1. The Kier molecular flexibility index (Phi) is 9.01. The van der Waals surface area contributed by atoms with Gasteiger partial charge in [0.1, 0.15) is 5.82 Å². The molecule has 2 heterocycles. The molecule has 0 bridgehead atoms. The van der Waals surface area contributed by atoms with Crippen LogP contribution in [-0.4, -0.2) is 33.4 Å². The molecule has 2 aromatic rings. The van der Waals surface area contributed by atoms with Crippen molar-refractivity contribution < 1.29 is 0 Å². The third-order valence-electron chi connectivity index (χ3n) is 4.76. The van der Waals surface area contributed by atoms with Crippen LogP contribution >= 0.6 is 24.0 Å². The Morgan fingerprint density at radius 2 is 2.00 bits per heavy atom. The monoisotopic (exact) mass is 498 g/mol. The van der Waals surface area contributed by atoms with Crippen LogP contribution in [0.25, 0.3) is 0 Å². The molecule has 0 saturated carbocycles. The summed E-state index contributed by atoms with van der Waals surface area (Å²) in [4.78, 5) is 17.0. The number of aromatic nitrogens is 3. The summed E-state index contributed by atoms with van der Waals surface area (Å²) in [6.45, 7) is 7.77. The third-order valence-corrected chi connectivity index (χ3v) is 4.76. The summed E-state index contributed by atoms with van der Waals surface area (Å²) in [6, 6.07) is 8.42. The van der Waals surface area contributed by atoms with Crippen molar-refractivity contribution in [1.82, 2.24) is 25.0 Å². The summed E-state index contributed by atoms with van der Waals surface area (Å²) >= 11 is 0. The fraction of sp³-hybridized carbons (Fsp3) is 0.550. The molecule has 8 heteroatoms. The van der Waals surface area contributed by atoms with Crippen LogP contribution in [0.5, 0.6) is 0 Å². The molecular formula is C20H31IN6O. The average Bonchev–Trinajstić information content (AvgIpc) is 3.00. The quantitative estimate of drug-likeness (QED) is 0.266. The number of hydrogen-bond acceptors (Lipinski definition) is 3. The molecule has 1 aliphatic heterocycles. The molecule has 28 heavy (non-hydrogen) atoms. The number of aliphatic imine (C=N–C) groups is 1. The summed E-state index contributed by atoms with van der Waals surface area (Å²) in [5, 5.41) is 11.1. The van der Waals surface area contributed by atoms with Gasteiger partial charge in [-0.15, -0.1) is 24.0 Å². The van der Waals surface area contributed by atoms with E-state index in [4.69, 9.17) is 0 Å². The topological polar surface area (TPSA) is 76.2 Å². The molecule has 3 rings (SSSR count). The predicted molar refractivity (Wildman–Crippen MR) is 123 cm³/mol. The maximum Gasteiger partial charge on any atom is 0.345 e. The minimum absolute atomic E-state index is 0. The zero-order valence-electron chi connectivity index (χ0n) is 16.8. The van der Waals surface area contributed by atoms with Crippen LogP contribution in [0.15, 0.2) is 34.1 Å². The first-order valence-corrected chi connectivity index (χ1v) is 9.91. The fourth-order valence-corrected chi connectivity index (χ4v) is 3.24. The highest BCUT2D eigenvalue weighted by molar-refractivity contribution is 14.0. The lowest BCUT2D eigenvalue weighted by atomic mass is 10.1. The number of guanidine groups is 1. The molecule has 1 aromatic carbocycles. The summed E-state index contributed by atoms with van der Waals surface area (Å²) in [7, 11) is 0. The van der Waals surface area contributed by atoms with Crippen molar-refractivity contribution in [1.29, 1.82) is 0 Å². The second-order valence-corrected chi connectivity index (χ2v) is 6.99. The van der Waals surface area contributed by atoms with Gasteiger partial charge in [0.25, 0.3) is 0 Å². The van der Waals surface area contributed by atoms with Crippen molar-refractivity contribution in [3.8, 4) is 0 Å². The van der Waals surface area contributed by atoms with E-state index in [1.807, 2.05) is 4.57 Å². The van der Waals surface area contributed by atoms with Crippen LogP contribution in [0.3, 0.4) is 0 Å². The number of benzene rings is 1. The zero-order valence-corrected chi connectivity index (χ0v) is 19.1. The van der Waals surface area contributed by atoms with Crippen molar-refractivity contribution in [2.24, 2.45) is 4.99 Å². The summed E-state index contributed by atoms with van der Waals surface area (Å²) in [6.07, 6.45) is 3.94. The molecule has 1 aliphatic rings. The lowest BCUT2D eigenvalue weighted by Crippen LogP contribution is -2.38. The second kappa shape index (κ2) is 11.2. The van der Waals surface area contributed by atoms with E-state index in [2.05, 4.69) is 58.8 Å². The van der Waals surface area contributed by atoms with E-state index in [0.717, 1.165) is 57.1 Å². The molecule has 1 aromatic heterocycles. The van der Waals surface area contributed by atoms with E-state index in [1.165, 1.54) is 11.1 Å². The van der Waals surface area contributed by atoms with Gasteiger partial charge >= 0.3 is 5.69 Å². The van der Waals surface area contributed by atoms with Crippen LogP contribution in [0.1, 0.15) is 43.1 Å². The van der Waals surface area contributed by atoms with E-state index >= 15 is 0 Å². The molecular weight excluding hydrogens is 467 g/mol. The largest absolute Gasteiger partial charge is 0.357 e. The lowest BCUT2D eigenvalue weighted by molar-refractivity contribution is 0.509. The van der Waals surface area contributed by atoms with E-state index in [1.54, 1.807) is 4.68 Å². The summed E-state index contributed by atoms with van der Waals surface area (Å²) in [5.74, 6) is 1.74. The maximum atomic E-state index is 12.3. The van der Waals surface area contributed by atoms with Gasteiger partial charge in [-0.1, -0.05) is 29.8 Å². The van der Waals surface area contributed by atoms with Crippen LogP contribution in [-0.2, 0) is 26.1 Å². The maximum absolute atomic E-state index is 12.3. The van der Waals surface area contributed by atoms with Crippen LogP contribution in [0.4, 0.5) is 0 Å². The molecule has 0 fully saturated rings. The van der Waals surface area contributed by atoms with Gasteiger partial charge < -0.3 is 10.6 Å². The van der Waals surface area contributed by atoms with Crippen LogP contribution in [0.2, 0.25) is 0 Å².